The number of carbonyl (C=O) groups excluding carboxylic acids is 6. The Kier molecular flexibility index (Phi) is 12.7. The van der Waals surface area contributed by atoms with Crippen molar-refractivity contribution in [2.45, 2.75) is 50.6 Å². The maximum Gasteiger partial charge on any atom is 0.236 e. The van der Waals surface area contributed by atoms with Crippen LogP contribution in [0.3, 0.4) is 0 Å². The number of rotatable bonds is 16. The zero-order chi connectivity index (χ0) is 32.2. The third-order valence-corrected chi connectivity index (χ3v) is 7.00. The first-order valence-corrected chi connectivity index (χ1v) is 14.5. The quantitative estimate of drug-likeness (QED) is 0.103. The van der Waals surface area contributed by atoms with E-state index in [2.05, 4.69) is 21.3 Å². The minimum atomic E-state index is -0.697. The second-order valence-electron chi connectivity index (χ2n) is 10.4. The maximum absolute atomic E-state index is 13.3. The highest BCUT2D eigenvalue weighted by molar-refractivity contribution is 6.29. The van der Waals surface area contributed by atoms with Crippen LogP contribution in [-0.2, 0) is 19.2 Å². The average molecular weight is 609 g/mol. The van der Waals surface area contributed by atoms with Crippen LogP contribution in [0.4, 0.5) is 11.4 Å². The molecular weight excluding hydrogens is 568 g/mol. The normalized spacial score (nSPS) is 13.3. The topological polar surface area (TPSA) is 255 Å². The lowest BCUT2D eigenvalue weighted by atomic mass is 9.83. The summed E-state index contributed by atoms with van der Waals surface area (Å²) in [4.78, 5) is 75.3. The molecule has 1 aliphatic carbocycles. The molecule has 1 aliphatic rings. The summed E-state index contributed by atoms with van der Waals surface area (Å²) in [6.45, 7) is 1.01. The first kappa shape index (κ1) is 34.0. The van der Waals surface area contributed by atoms with Crippen molar-refractivity contribution in [3.8, 4) is 0 Å². The van der Waals surface area contributed by atoms with Gasteiger partial charge in [0.05, 0.1) is 12.1 Å². The smallest absolute Gasteiger partial charge is 0.236 e. The summed E-state index contributed by atoms with van der Waals surface area (Å²) in [7, 11) is 0. The van der Waals surface area contributed by atoms with Gasteiger partial charge in [-0.3, -0.25) is 28.8 Å². The van der Waals surface area contributed by atoms with Crippen LogP contribution in [0.25, 0.3) is 0 Å². The zero-order valence-corrected chi connectivity index (χ0v) is 24.4. The van der Waals surface area contributed by atoms with Gasteiger partial charge in [-0.1, -0.05) is 0 Å². The van der Waals surface area contributed by atoms with Crippen molar-refractivity contribution >= 4 is 46.6 Å². The van der Waals surface area contributed by atoms with Crippen molar-refractivity contribution in [3.63, 3.8) is 0 Å². The van der Waals surface area contributed by atoms with Gasteiger partial charge in [0.1, 0.15) is 0 Å². The van der Waals surface area contributed by atoms with Gasteiger partial charge in [-0.25, -0.2) is 0 Å². The summed E-state index contributed by atoms with van der Waals surface area (Å²) in [5.74, 6) is -2.34. The van der Waals surface area contributed by atoms with Crippen molar-refractivity contribution in [2.24, 2.45) is 22.9 Å². The van der Waals surface area contributed by atoms with E-state index in [1.807, 2.05) is 0 Å². The number of amides is 4. The van der Waals surface area contributed by atoms with Crippen LogP contribution < -0.4 is 44.2 Å². The van der Waals surface area contributed by atoms with Gasteiger partial charge in [-0.2, -0.15) is 0 Å². The molecule has 14 nitrogen and oxygen atoms in total. The van der Waals surface area contributed by atoms with Gasteiger partial charge in [0.2, 0.25) is 23.6 Å². The molecule has 0 heterocycles. The second kappa shape index (κ2) is 16.4. The van der Waals surface area contributed by atoms with E-state index in [1.54, 1.807) is 0 Å². The van der Waals surface area contributed by atoms with E-state index < -0.39 is 35.5 Å². The fraction of sp³-hybridized carbons (Fsp3) is 0.400. The summed E-state index contributed by atoms with van der Waals surface area (Å²) >= 11 is 0. The molecule has 236 valence electrons. The fourth-order valence-corrected chi connectivity index (χ4v) is 4.55. The van der Waals surface area contributed by atoms with Crippen molar-refractivity contribution in [2.75, 3.05) is 36.8 Å². The van der Waals surface area contributed by atoms with Crippen LogP contribution in [0.15, 0.2) is 36.4 Å². The maximum atomic E-state index is 13.3. The minimum Gasteiger partial charge on any atom is -0.354 e. The Balaban J connectivity index is 1.56. The molecule has 0 spiro atoms. The summed E-state index contributed by atoms with van der Waals surface area (Å²) in [6, 6.07) is 7.41. The predicted molar refractivity (Wildman–Crippen MR) is 165 cm³/mol. The summed E-state index contributed by atoms with van der Waals surface area (Å²) in [6.07, 6.45) is 2.08. The molecule has 12 N–H and O–H groups in total. The molecule has 0 fully saturated rings. The fourth-order valence-electron chi connectivity index (χ4n) is 4.55. The summed E-state index contributed by atoms with van der Waals surface area (Å²) in [5.41, 5.74) is 23.6. The molecule has 2 unspecified atom stereocenters. The summed E-state index contributed by atoms with van der Waals surface area (Å²) in [5, 5.41) is 10.6. The van der Waals surface area contributed by atoms with Crippen LogP contribution in [0.5, 0.6) is 0 Å². The number of ketones is 2. The van der Waals surface area contributed by atoms with Gasteiger partial charge < -0.3 is 44.2 Å². The number of nitrogens with two attached hydrogens (primary N) is 4. The van der Waals surface area contributed by atoms with Gasteiger partial charge in [0, 0.05) is 59.6 Å². The van der Waals surface area contributed by atoms with E-state index >= 15 is 0 Å². The average Bonchev–Trinajstić information content (AvgIpc) is 3.00. The van der Waals surface area contributed by atoms with Gasteiger partial charge in [-0.05, 0) is 75.2 Å². The molecule has 4 amide bonds. The molecule has 0 saturated carbocycles. The third kappa shape index (κ3) is 9.25. The number of carbonyl (C=O) groups is 6. The Hall–Kier alpha value is -4.50. The largest absolute Gasteiger partial charge is 0.354 e. The molecule has 2 aromatic carbocycles. The number of fused-ring (bicyclic) bond motifs is 2. The Bertz CT molecular complexity index is 1310. The Morgan fingerprint density at radius 1 is 0.614 bits per heavy atom. The number of anilines is 2. The van der Waals surface area contributed by atoms with Crippen LogP contribution in [0, 0.1) is 0 Å². The second-order valence-corrected chi connectivity index (χ2v) is 10.4. The number of hydrogen-bond acceptors (Lipinski definition) is 10. The lowest BCUT2D eigenvalue weighted by Crippen LogP contribution is -2.41. The van der Waals surface area contributed by atoms with Crippen LogP contribution in [-0.4, -0.2) is 73.5 Å². The van der Waals surface area contributed by atoms with E-state index in [-0.39, 0.29) is 60.0 Å². The van der Waals surface area contributed by atoms with Crippen LogP contribution in [0.2, 0.25) is 0 Å². The molecule has 0 bridgehead atoms. The highest BCUT2D eigenvalue weighted by Gasteiger charge is 2.30. The third-order valence-electron chi connectivity index (χ3n) is 7.00. The minimum absolute atomic E-state index is 0.0225. The Morgan fingerprint density at radius 2 is 1.00 bits per heavy atom. The predicted octanol–water partition coefficient (Wildman–Crippen LogP) is -0.516. The SMILES string of the molecule is NCCCC(N)C(=O)NCCC(=O)Nc1ccc2c(c1)C(=O)c1ccc(NC(=O)CCNC(=O)C(N)CCCN)cc1C2=O. The lowest BCUT2D eigenvalue weighted by molar-refractivity contribution is -0.123. The Labute approximate surface area is 255 Å². The standard InChI is InChI=1S/C30H40N8O6/c31-11-1-3-23(33)29(43)35-13-9-25(39)37-17-5-7-19-21(15-17)27(41)20-8-6-18(16-22(20)28(19)42)38-26(40)10-14-36-30(44)24(34)4-2-12-32/h5-8,15-16,23-24H,1-4,9-14,31-34H2,(H,35,43)(H,36,44)(H,37,39)(H,38,40). The highest BCUT2D eigenvalue weighted by Crippen LogP contribution is 2.31. The van der Waals surface area contributed by atoms with Gasteiger partial charge in [-0.15, -0.1) is 0 Å². The Morgan fingerprint density at radius 3 is 1.36 bits per heavy atom. The lowest BCUT2D eigenvalue weighted by Gasteiger charge is -2.19. The first-order chi connectivity index (χ1) is 21.0. The number of nitrogens with one attached hydrogen (secondary N) is 4. The molecule has 2 atom stereocenters. The van der Waals surface area contributed by atoms with Crippen molar-refractivity contribution in [1.29, 1.82) is 0 Å². The molecule has 44 heavy (non-hydrogen) atoms. The monoisotopic (exact) mass is 608 g/mol. The van der Waals surface area contributed by atoms with Crippen molar-refractivity contribution in [1.82, 2.24) is 10.6 Å². The van der Waals surface area contributed by atoms with Crippen LogP contribution >= 0.6 is 0 Å². The molecule has 0 aromatic heterocycles. The molecule has 14 heteroatoms. The molecular formula is C30H40N8O6. The van der Waals surface area contributed by atoms with Crippen molar-refractivity contribution in [3.05, 3.63) is 58.7 Å². The molecule has 3 rings (SSSR count). The van der Waals surface area contributed by atoms with E-state index in [1.165, 1.54) is 36.4 Å². The van der Waals surface area contributed by atoms with Crippen molar-refractivity contribution < 1.29 is 28.8 Å². The number of hydrogen-bond donors (Lipinski definition) is 8. The molecule has 0 radical (unpaired) electrons. The molecule has 0 saturated heterocycles. The van der Waals surface area contributed by atoms with Crippen LogP contribution in [0.1, 0.15) is 70.4 Å². The molecule has 0 aliphatic heterocycles. The van der Waals surface area contributed by atoms with E-state index in [0.717, 1.165) is 0 Å². The number of benzene rings is 2. The van der Waals surface area contributed by atoms with Gasteiger partial charge >= 0.3 is 0 Å². The van der Waals surface area contributed by atoms with E-state index in [0.29, 0.717) is 50.1 Å². The van der Waals surface area contributed by atoms with E-state index in [4.69, 9.17) is 22.9 Å². The zero-order valence-electron chi connectivity index (χ0n) is 24.4. The van der Waals surface area contributed by atoms with Gasteiger partial charge in [0.25, 0.3) is 0 Å². The van der Waals surface area contributed by atoms with E-state index in [9.17, 15) is 28.8 Å². The molecule has 2 aromatic rings. The highest BCUT2D eigenvalue weighted by atomic mass is 16.2. The first-order valence-electron chi connectivity index (χ1n) is 14.5. The summed E-state index contributed by atoms with van der Waals surface area (Å²) < 4.78 is 0. The van der Waals surface area contributed by atoms with Gasteiger partial charge in [0.15, 0.2) is 11.6 Å².